The van der Waals surface area contributed by atoms with Gasteiger partial charge in [-0.2, -0.15) is 4.68 Å². The van der Waals surface area contributed by atoms with Gasteiger partial charge in [0.2, 0.25) is 0 Å². The molecule has 1 aliphatic carbocycles. The van der Waals surface area contributed by atoms with Crippen LogP contribution in [-0.2, 0) is 0 Å². The predicted octanol–water partition coefficient (Wildman–Crippen LogP) is 2.11. The van der Waals surface area contributed by atoms with Gasteiger partial charge in [-0.15, -0.1) is 0 Å². The molecular weight excluding hydrogens is 367 g/mol. The summed E-state index contributed by atoms with van der Waals surface area (Å²) in [5.41, 5.74) is 0.356. The van der Waals surface area contributed by atoms with Gasteiger partial charge >= 0.3 is 11.8 Å². The first-order chi connectivity index (χ1) is 12.4. The van der Waals surface area contributed by atoms with Gasteiger partial charge in [-0.1, -0.05) is 11.6 Å². The summed E-state index contributed by atoms with van der Waals surface area (Å²) in [7, 11) is 0. The van der Waals surface area contributed by atoms with Crippen LogP contribution in [-0.4, -0.2) is 33.5 Å². The summed E-state index contributed by atoms with van der Waals surface area (Å²) < 4.78 is 16.4. The minimum atomic E-state index is -1.56. The molecule has 0 spiro atoms. The second-order valence-corrected chi connectivity index (χ2v) is 6.93. The number of rotatable bonds is 3. The molecule has 10 heteroatoms. The quantitative estimate of drug-likeness (QED) is 0.847. The number of carboxylic acid groups (broad SMARTS) is 1. The van der Waals surface area contributed by atoms with E-state index in [1.54, 1.807) is 10.3 Å². The molecule has 2 aromatic rings. The number of hydrogen-bond acceptors (Lipinski definition) is 4. The van der Waals surface area contributed by atoms with E-state index in [-0.39, 0.29) is 27.7 Å². The van der Waals surface area contributed by atoms with Crippen LogP contribution in [0.3, 0.4) is 0 Å². The molecule has 1 aromatic carbocycles. The van der Waals surface area contributed by atoms with Gasteiger partial charge in [0.25, 0.3) is 5.56 Å². The predicted molar refractivity (Wildman–Crippen MR) is 94.5 cm³/mol. The Morgan fingerprint density at radius 3 is 2.50 bits per heavy atom. The molecule has 26 heavy (non-hydrogen) atoms. The van der Waals surface area contributed by atoms with Crippen molar-refractivity contribution in [2.75, 3.05) is 23.4 Å². The van der Waals surface area contributed by atoms with E-state index in [1.165, 1.54) is 4.57 Å². The third-order valence-corrected chi connectivity index (χ3v) is 5.14. The lowest BCUT2D eigenvalue weighted by Crippen LogP contribution is -2.46. The van der Waals surface area contributed by atoms with E-state index in [0.717, 1.165) is 18.9 Å². The average molecular weight is 383 g/mol. The molecule has 2 N–H and O–H groups in total. The topological polar surface area (TPSA) is 96.6 Å². The van der Waals surface area contributed by atoms with Crippen LogP contribution in [0.15, 0.2) is 15.7 Å². The molecule has 2 heterocycles. The minimum Gasteiger partial charge on any atom is -0.464 e. The van der Waals surface area contributed by atoms with Gasteiger partial charge in [0.15, 0.2) is 0 Å². The lowest BCUT2D eigenvalue weighted by atomic mass is 10.2. The number of amides is 1. The molecule has 0 bridgehead atoms. The number of fused-ring (bicyclic) bond motifs is 1. The molecule has 1 aliphatic heterocycles. The second kappa shape index (κ2) is 6.01. The maximum atomic E-state index is 14.8. The maximum absolute atomic E-state index is 14.8. The van der Waals surface area contributed by atoms with Crippen LogP contribution >= 0.6 is 11.6 Å². The summed E-state index contributed by atoms with van der Waals surface area (Å²) in [6, 6.07) is 0.845. The van der Waals surface area contributed by atoms with Crippen LogP contribution in [0.5, 0.6) is 0 Å². The van der Waals surface area contributed by atoms with Crippen molar-refractivity contribution in [3.63, 3.8) is 0 Å². The van der Waals surface area contributed by atoms with E-state index in [0.29, 0.717) is 30.6 Å². The smallest absolute Gasteiger partial charge is 0.424 e. The van der Waals surface area contributed by atoms with E-state index in [9.17, 15) is 18.8 Å². The van der Waals surface area contributed by atoms with Crippen LogP contribution in [0.2, 0.25) is 5.02 Å². The highest BCUT2D eigenvalue weighted by Gasteiger charge is 2.32. The molecule has 0 unspecified atom stereocenters. The van der Waals surface area contributed by atoms with Crippen molar-refractivity contribution < 1.29 is 14.3 Å². The summed E-state index contributed by atoms with van der Waals surface area (Å²) in [5.74, 6) is -0.663. The summed E-state index contributed by atoms with van der Waals surface area (Å²) >= 11 is 6.48. The van der Waals surface area contributed by atoms with Gasteiger partial charge < -0.3 is 10.0 Å². The molecule has 8 nitrogen and oxygen atoms in total. The van der Waals surface area contributed by atoms with Gasteiger partial charge in [0.1, 0.15) is 5.82 Å². The summed E-state index contributed by atoms with van der Waals surface area (Å²) in [5, 5.41) is 8.79. The highest BCUT2D eigenvalue weighted by atomic mass is 35.5. The highest BCUT2D eigenvalue weighted by molar-refractivity contribution is 6.38. The zero-order valence-electron chi connectivity index (χ0n) is 13.7. The Balaban J connectivity index is 2.08. The Bertz CT molecular complexity index is 1040. The monoisotopic (exact) mass is 382 g/mol. The van der Waals surface area contributed by atoms with Gasteiger partial charge in [0.05, 0.1) is 21.6 Å². The Hall–Kier alpha value is -2.55. The molecule has 1 aromatic heterocycles. The van der Waals surface area contributed by atoms with E-state index < -0.39 is 23.2 Å². The Kier molecular flexibility index (Phi) is 3.91. The number of nitrogens with one attached hydrogen (secondary N) is 1. The van der Waals surface area contributed by atoms with Gasteiger partial charge in [-0.3, -0.25) is 9.36 Å². The second-order valence-electron chi connectivity index (χ2n) is 6.55. The fourth-order valence-corrected chi connectivity index (χ4v) is 3.91. The lowest BCUT2D eigenvalue weighted by molar-refractivity contribution is 0.205. The zero-order valence-corrected chi connectivity index (χ0v) is 14.4. The maximum Gasteiger partial charge on any atom is 0.424 e. The molecule has 1 saturated heterocycles. The number of halogens is 2. The van der Waals surface area contributed by atoms with Crippen molar-refractivity contribution in [2.24, 2.45) is 0 Å². The number of nitrogens with zero attached hydrogens (tertiary/aromatic N) is 3. The SMILES string of the molecule is O=C(O)Nn1c(=O)c2cc(F)c(N3CCCC3)c(Cl)c2n(C2CC2)c1=O. The number of aromatic nitrogens is 2. The zero-order chi connectivity index (χ0) is 18.6. The van der Waals surface area contributed by atoms with E-state index in [2.05, 4.69) is 0 Å². The number of benzene rings is 1. The van der Waals surface area contributed by atoms with Gasteiger partial charge in [0, 0.05) is 19.1 Å². The number of hydrogen-bond donors (Lipinski definition) is 2. The Morgan fingerprint density at radius 1 is 1.27 bits per heavy atom. The van der Waals surface area contributed by atoms with Crippen molar-refractivity contribution in [1.29, 1.82) is 0 Å². The molecule has 1 amide bonds. The first-order valence-electron chi connectivity index (χ1n) is 8.34. The van der Waals surface area contributed by atoms with Crippen LogP contribution in [0, 0.1) is 5.82 Å². The van der Waals surface area contributed by atoms with Crippen LogP contribution < -0.4 is 21.6 Å². The lowest BCUT2D eigenvalue weighted by Gasteiger charge is -2.22. The average Bonchev–Trinajstić information content (AvgIpc) is 3.27. The molecule has 0 radical (unpaired) electrons. The molecule has 2 aliphatic rings. The number of anilines is 1. The van der Waals surface area contributed by atoms with Crippen molar-refractivity contribution in [3.8, 4) is 0 Å². The van der Waals surface area contributed by atoms with Crippen molar-refractivity contribution >= 4 is 34.3 Å². The Labute approximate surface area is 151 Å². The van der Waals surface area contributed by atoms with Gasteiger partial charge in [-0.05, 0) is 31.7 Å². The minimum absolute atomic E-state index is 0.0190. The fraction of sp³-hybridized carbons (Fsp3) is 0.438. The third kappa shape index (κ3) is 2.54. The normalized spacial score (nSPS) is 17.1. The number of carbonyl (C=O) groups is 1. The van der Waals surface area contributed by atoms with Crippen molar-refractivity contribution in [1.82, 2.24) is 9.24 Å². The molecule has 2 fully saturated rings. The van der Waals surface area contributed by atoms with Crippen LogP contribution in [0.4, 0.5) is 14.9 Å². The first-order valence-corrected chi connectivity index (χ1v) is 8.72. The summed E-state index contributed by atoms with van der Waals surface area (Å²) in [6.07, 6.45) is 1.66. The molecular formula is C16H16ClFN4O4. The van der Waals surface area contributed by atoms with E-state index in [1.807, 2.05) is 0 Å². The highest BCUT2D eigenvalue weighted by Crippen LogP contribution is 2.41. The summed E-state index contributed by atoms with van der Waals surface area (Å²) in [4.78, 5) is 38.1. The van der Waals surface area contributed by atoms with E-state index in [4.69, 9.17) is 16.7 Å². The van der Waals surface area contributed by atoms with Crippen molar-refractivity contribution in [2.45, 2.75) is 31.7 Å². The fourth-order valence-electron chi connectivity index (χ4n) is 3.50. The standard InChI is InChI=1S/C16H16ClFN4O4/c17-11-12-9(7-10(18)13(11)20-5-1-2-6-20)14(23)22(19-15(24)25)16(26)21(12)8-3-4-8/h7-8,19H,1-6H2,(H,24,25). The molecule has 138 valence electrons. The first kappa shape index (κ1) is 16.9. The van der Waals surface area contributed by atoms with Crippen molar-refractivity contribution in [3.05, 3.63) is 37.7 Å². The third-order valence-electron chi connectivity index (χ3n) is 4.78. The molecule has 1 saturated carbocycles. The Morgan fingerprint density at radius 2 is 1.92 bits per heavy atom. The largest absolute Gasteiger partial charge is 0.464 e. The van der Waals surface area contributed by atoms with E-state index >= 15 is 0 Å². The van der Waals surface area contributed by atoms with Gasteiger partial charge in [-0.25, -0.2) is 19.4 Å². The molecule has 0 atom stereocenters. The van der Waals surface area contributed by atoms with Crippen LogP contribution in [0.1, 0.15) is 31.7 Å². The molecule has 4 rings (SSSR count). The summed E-state index contributed by atoms with van der Waals surface area (Å²) in [6.45, 7) is 1.29. The van der Waals surface area contributed by atoms with Crippen LogP contribution in [0.25, 0.3) is 10.9 Å².